The molecular formula is C12H23NO. The van der Waals surface area contributed by atoms with Crippen LogP contribution < -0.4 is 0 Å². The summed E-state index contributed by atoms with van der Waals surface area (Å²) in [5.41, 5.74) is 0. The standard InChI is InChI=1S/C12H23NO/c1-2-3-4-5-6-8-13-9-7-12(10-13)11-14/h2,12,14H,1,3-11H2. The molecule has 82 valence electrons. The van der Waals surface area contributed by atoms with Crippen molar-refractivity contribution in [3.05, 3.63) is 12.7 Å². The van der Waals surface area contributed by atoms with Crippen LogP contribution in [0, 0.1) is 5.92 Å². The molecule has 1 fully saturated rings. The van der Waals surface area contributed by atoms with Crippen molar-refractivity contribution in [1.29, 1.82) is 0 Å². The van der Waals surface area contributed by atoms with Crippen molar-refractivity contribution < 1.29 is 5.11 Å². The van der Waals surface area contributed by atoms with Crippen molar-refractivity contribution in [2.24, 2.45) is 5.92 Å². The number of unbranched alkanes of at least 4 members (excludes halogenated alkanes) is 3. The molecule has 14 heavy (non-hydrogen) atoms. The molecular weight excluding hydrogens is 174 g/mol. The molecule has 0 radical (unpaired) electrons. The molecule has 1 saturated heterocycles. The lowest BCUT2D eigenvalue weighted by molar-refractivity contribution is 0.221. The van der Waals surface area contributed by atoms with E-state index < -0.39 is 0 Å². The number of rotatable bonds is 7. The van der Waals surface area contributed by atoms with E-state index in [-0.39, 0.29) is 0 Å². The Morgan fingerprint density at radius 2 is 2.21 bits per heavy atom. The topological polar surface area (TPSA) is 23.5 Å². The molecule has 0 aromatic heterocycles. The second-order valence-electron chi connectivity index (χ2n) is 4.28. The number of aliphatic hydroxyl groups excluding tert-OH is 1. The second kappa shape index (κ2) is 7.02. The van der Waals surface area contributed by atoms with Gasteiger partial charge in [0.1, 0.15) is 0 Å². The maximum Gasteiger partial charge on any atom is 0.0471 e. The van der Waals surface area contributed by atoms with Crippen molar-refractivity contribution in [3.8, 4) is 0 Å². The molecule has 1 atom stereocenters. The van der Waals surface area contributed by atoms with E-state index in [9.17, 15) is 0 Å². The predicted octanol–water partition coefficient (Wildman–Crippen LogP) is 2.05. The Morgan fingerprint density at radius 3 is 2.86 bits per heavy atom. The molecule has 1 heterocycles. The molecule has 0 aromatic rings. The molecule has 1 aliphatic rings. The Balaban J connectivity index is 1.94. The van der Waals surface area contributed by atoms with Crippen LogP contribution in [0.2, 0.25) is 0 Å². The highest BCUT2D eigenvalue weighted by molar-refractivity contribution is 4.74. The summed E-state index contributed by atoms with van der Waals surface area (Å²) in [4.78, 5) is 2.48. The van der Waals surface area contributed by atoms with E-state index in [0.717, 1.165) is 13.0 Å². The van der Waals surface area contributed by atoms with E-state index in [1.54, 1.807) is 0 Å². The van der Waals surface area contributed by atoms with Crippen molar-refractivity contribution >= 4 is 0 Å². The first-order chi connectivity index (χ1) is 6.86. The van der Waals surface area contributed by atoms with Crippen molar-refractivity contribution in [2.75, 3.05) is 26.2 Å². The monoisotopic (exact) mass is 197 g/mol. The summed E-state index contributed by atoms with van der Waals surface area (Å²) in [7, 11) is 0. The minimum atomic E-state index is 0.368. The zero-order chi connectivity index (χ0) is 10.2. The van der Waals surface area contributed by atoms with Gasteiger partial charge in [-0.05, 0) is 44.7 Å². The summed E-state index contributed by atoms with van der Waals surface area (Å²) >= 11 is 0. The number of hydrogen-bond acceptors (Lipinski definition) is 2. The van der Waals surface area contributed by atoms with Crippen LogP contribution in [0.15, 0.2) is 12.7 Å². The fraction of sp³-hybridized carbons (Fsp3) is 0.833. The molecule has 0 amide bonds. The largest absolute Gasteiger partial charge is 0.396 e. The molecule has 1 unspecified atom stereocenters. The quantitative estimate of drug-likeness (QED) is 0.499. The van der Waals surface area contributed by atoms with Gasteiger partial charge in [-0.1, -0.05) is 12.5 Å². The first-order valence-corrected chi connectivity index (χ1v) is 5.81. The van der Waals surface area contributed by atoms with Gasteiger partial charge in [0, 0.05) is 13.2 Å². The highest BCUT2D eigenvalue weighted by atomic mass is 16.3. The fourth-order valence-electron chi connectivity index (χ4n) is 2.07. The number of hydrogen-bond donors (Lipinski definition) is 1. The van der Waals surface area contributed by atoms with Crippen LogP contribution in [-0.4, -0.2) is 36.2 Å². The molecule has 0 spiro atoms. The lowest BCUT2D eigenvalue weighted by atomic mass is 10.1. The minimum Gasteiger partial charge on any atom is -0.396 e. The van der Waals surface area contributed by atoms with E-state index in [0.29, 0.717) is 12.5 Å². The SMILES string of the molecule is C=CCCCCCN1CCC(CO)C1. The first kappa shape index (κ1) is 11.7. The Labute approximate surface area is 87.6 Å². The third-order valence-electron chi connectivity index (χ3n) is 3.01. The summed E-state index contributed by atoms with van der Waals surface area (Å²) in [5, 5.41) is 8.99. The van der Waals surface area contributed by atoms with E-state index in [1.807, 2.05) is 6.08 Å². The summed E-state index contributed by atoms with van der Waals surface area (Å²) < 4.78 is 0. The maximum atomic E-state index is 8.99. The summed E-state index contributed by atoms with van der Waals surface area (Å²) in [6, 6.07) is 0. The van der Waals surface area contributed by atoms with Crippen LogP contribution >= 0.6 is 0 Å². The zero-order valence-electron chi connectivity index (χ0n) is 9.12. The zero-order valence-corrected chi connectivity index (χ0v) is 9.12. The molecule has 0 aliphatic carbocycles. The first-order valence-electron chi connectivity index (χ1n) is 5.81. The van der Waals surface area contributed by atoms with E-state index in [4.69, 9.17) is 5.11 Å². The molecule has 2 nitrogen and oxygen atoms in total. The number of likely N-dealkylation sites (tertiary alicyclic amines) is 1. The molecule has 1 aliphatic heterocycles. The van der Waals surface area contributed by atoms with Gasteiger partial charge in [-0.2, -0.15) is 0 Å². The lowest BCUT2D eigenvalue weighted by Gasteiger charge is -2.14. The van der Waals surface area contributed by atoms with Crippen molar-refractivity contribution in [1.82, 2.24) is 4.90 Å². The third-order valence-corrected chi connectivity index (χ3v) is 3.01. The van der Waals surface area contributed by atoms with Crippen LogP contribution in [0.5, 0.6) is 0 Å². The Morgan fingerprint density at radius 1 is 1.36 bits per heavy atom. The Bertz CT molecular complexity index is 158. The van der Waals surface area contributed by atoms with E-state index >= 15 is 0 Å². The fourth-order valence-corrected chi connectivity index (χ4v) is 2.07. The molecule has 1 N–H and O–H groups in total. The van der Waals surface area contributed by atoms with Crippen molar-refractivity contribution in [3.63, 3.8) is 0 Å². The van der Waals surface area contributed by atoms with Gasteiger partial charge in [-0.25, -0.2) is 0 Å². The average molecular weight is 197 g/mol. The summed E-state index contributed by atoms with van der Waals surface area (Å²) in [6.07, 6.45) is 8.22. The van der Waals surface area contributed by atoms with Crippen LogP contribution in [0.25, 0.3) is 0 Å². The van der Waals surface area contributed by atoms with Crippen LogP contribution in [0.3, 0.4) is 0 Å². The number of allylic oxidation sites excluding steroid dienone is 1. The summed E-state index contributed by atoms with van der Waals surface area (Å²) in [6.45, 7) is 7.60. The second-order valence-corrected chi connectivity index (χ2v) is 4.28. The third kappa shape index (κ3) is 4.25. The number of aliphatic hydroxyl groups is 1. The van der Waals surface area contributed by atoms with Gasteiger partial charge >= 0.3 is 0 Å². The minimum absolute atomic E-state index is 0.368. The smallest absolute Gasteiger partial charge is 0.0471 e. The summed E-state index contributed by atoms with van der Waals surface area (Å²) in [5.74, 6) is 0.545. The number of nitrogens with zero attached hydrogens (tertiary/aromatic N) is 1. The Kier molecular flexibility index (Phi) is 5.88. The Hall–Kier alpha value is -0.340. The van der Waals surface area contributed by atoms with Gasteiger partial charge in [0.05, 0.1) is 0 Å². The highest BCUT2D eigenvalue weighted by Gasteiger charge is 2.20. The van der Waals surface area contributed by atoms with Crippen molar-refractivity contribution in [2.45, 2.75) is 32.1 Å². The van der Waals surface area contributed by atoms with E-state index in [2.05, 4.69) is 11.5 Å². The maximum absolute atomic E-state index is 8.99. The van der Waals surface area contributed by atoms with Gasteiger partial charge in [0.15, 0.2) is 0 Å². The lowest BCUT2D eigenvalue weighted by Crippen LogP contribution is -2.22. The van der Waals surface area contributed by atoms with Crippen LogP contribution in [-0.2, 0) is 0 Å². The normalized spacial score (nSPS) is 22.8. The van der Waals surface area contributed by atoms with Gasteiger partial charge in [0.2, 0.25) is 0 Å². The average Bonchev–Trinajstić information content (AvgIpc) is 2.65. The van der Waals surface area contributed by atoms with Gasteiger partial charge in [-0.15, -0.1) is 6.58 Å². The van der Waals surface area contributed by atoms with Crippen LogP contribution in [0.4, 0.5) is 0 Å². The van der Waals surface area contributed by atoms with Gasteiger partial charge in [-0.3, -0.25) is 0 Å². The molecule has 1 rings (SSSR count). The highest BCUT2D eigenvalue weighted by Crippen LogP contribution is 2.16. The molecule has 2 heteroatoms. The van der Waals surface area contributed by atoms with Crippen LogP contribution in [0.1, 0.15) is 32.1 Å². The van der Waals surface area contributed by atoms with Gasteiger partial charge in [0.25, 0.3) is 0 Å². The van der Waals surface area contributed by atoms with Gasteiger partial charge < -0.3 is 10.0 Å². The molecule has 0 saturated carbocycles. The molecule has 0 aromatic carbocycles. The predicted molar refractivity (Wildman–Crippen MR) is 60.3 cm³/mol. The van der Waals surface area contributed by atoms with E-state index in [1.165, 1.54) is 38.8 Å². The molecule has 0 bridgehead atoms.